The van der Waals surface area contributed by atoms with Crippen molar-refractivity contribution < 1.29 is 0 Å². The fourth-order valence-corrected chi connectivity index (χ4v) is 2.87. The van der Waals surface area contributed by atoms with Crippen molar-refractivity contribution in [3.8, 4) is 0 Å². The summed E-state index contributed by atoms with van der Waals surface area (Å²) in [5, 5.41) is 5.70. The van der Waals surface area contributed by atoms with Crippen LogP contribution in [0.3, 0.4) is 0 Å². The summed E-state index contributed by atoms with van der Waals surface area (Å²) in [5.74, 6) is 0. The summed E-state index contributed by atoms with van der Waals surface area (Å²) in [4.78, 5) is 3.72. The quantitative estimate of drug-likeness (QED) is 0.883. The van der Waals surface area contributed by atoms with E-state index < -0.39 is 0 Å². The molecule has 3 heteroatoms. The Hall–Kier alpha value is -1.32. The molecular weight excluding hydrogens is 264 g/mol. The predicted molar refractivity (Wildman–Crippen MR) is 89.5 cm³/mol. The number of rotatable bonds is 5. The number of nitrogens with one attached hydrogen (secondary N) is 1. The van der Waals surface area contributed by atoms with Crippen LogP contribution in [0.15, 0.2) is 41.8 Å². The standard InChI is InChI=1S/C17H24N2S/c1-17(2,3)18-12-14-8-5-6-10-16(14)19(4)13-15-9-7-11-20-15/h5-11,18H,12-13H2,1-4H3. The predicted octanol–water partition coefficient (Wildman–Crippen LogP) is 4.27. The second kappa shape index (κ2) is 6.42. The molecule has 0 spiro atoms. The molecule has 2 rings (SSSR count). The van der Waals surface area contributed by atoms with Crippen LogP contribution >= 0.6 is 11.3 Å². The molecule has 0 atom stereocenters. The lowest BCUT2D eigenvalue weighted by molar-refractivity contribution is 0.424. The monoisotopic (exact) mass is 288 g/mol. The van der Waals surface area contributed by atoms with Gasteiger partial charge in [0.1, 0.15) is 0 Å². The van der Waals surface area contributed by atoms with Gasteiger partial charge in [-0.25, -0.2) is 0 Å². The van der Waals surface area contributed by atoms with Gasteiger partial charge in [0.05, 0.1) is 6.54 Å². The van der Waals surface area contributed by atoms with Gasteiger partial charge in [-0.3, -0.25) is 0 Å². The first-order valence-corrected chi connectivity index (χ1v) is 7.90. The minimum absolute atomic E-state index is 0.138. The van der Waals surface area contributed by atoms with E-state index in [1.165, 1.54) is 16.1 Å². The first kappa shape index (κ1) is 15.1. The molecule has 0 fully saturated rings. The summed E-state index contributed by atoms with van der Waals surface area (Å²) in [6, 6.07) is 12.9. The van der Waals surface area contributed by atoms with Crippen LogP contribution in [0, 0.1) is 0 Å². The molecule has 0 radical (unpaired) electrons. The van der Waals surface area contributed by atoms with E-state index in [9.17, 15) is 0 Å². The molecule has 0 saturated carbocycles. The van der Waals surface area contributed by atoms with Crippen molar-refractivity contribution in [3.63, 3.8) is 0 Å². The Kier molecular flexibility index (Phi) is 4.84. The lowest BCUT2D eigenvalue weighted by atomic mass is 10.1. The summed E-state index contributed by atoms with van der Waals surface area (Å²) in [6.45, 7) is 8.46. The smallest absolute Gasteiger partial charge is 0.0519 e. The summed E-state index contributed by atoms with van der Waals surface area (Å²) >= 11 is 1.81. The van der Waals surface area contributed by atoms with E-state index in [0.717, 1.165) is 13.1 Å². The normalized spacial score (nSPS) is 11.6. The van der Waals surface area contributed by atoms with Gasteiger partial charge in [-0.2, -0.15) is 0 Å². The number of nitrogens with zero attached hydrogens (tertiary/aromatic N) is 1. The van der Waals surface area contributed by atoms with Crippen LogP contribution < -0.4 is 10.2 Å². The third kappa shape index (κ3) is 4.36. The number of thiophene rings is 1. The van der Waals surface area contributed by atoms with Crippen molar-refractivity contribution in [3.05, 3.63) is 52.2 Å². The van der Waals surface area contributed by atoms with E-state index >= 15 is 0 Å². The van der Waals surface area contributed by atoms with Crippen LogP contribution in [0.25, 0.3) is 0 Å². The maximum absolute atomic E-state index is 3.57. The van der Waals surface area contributed by atoms with Crippen molar-refractivity contribution in [2.45, 2.75) is 39.4 Å². The third-order valence-corrected chi connectivity index (χ3v) is 4.05. The molecule has 20 heavy (non-hydrogen) atoms. The first-order chi connectivity index (χ1) is 9.46. The molecule has 0 aliphatic rings. The molecule has 2 aromatic rings. The lowest BCUT2D eigenvalue weighted by Gasteiger charge is -2.25. The number of hydrogen-bond acceptors (Lipinski definition) is 3. The van der Waals surface area contributed by atoms with Crippen molar-refractivity contribution in [1.82, 2.24) is 5.32 Å². The van der Waals surface area contributed by atoms with Crippen LogP contribution in [0.2, 0.25) is 0 Å². The van der Waals surface area contributed by atoms with Crippen LogP contribution in [-0.2, 0) is 13.1 Å². The average molecular weight is 288 g/mol. The number of para-hydroxylation sites is 1. The highest BCUT2D eigenvalue weighted by molar-refractivity contribution is 7.09. The van der Waals surface area contributed by atoms with Gasteiger partial charge in [0.15, 0.2) is 0 Å². The minimum atomic E-state index is 0.138. The topological polar surface area (TPSA) is 15.3 Å². The number of hydrogen-bond donors (Lipinski definition) is 1. The summed E-state index contributed by atoms with van der Waals surface area (Å²) in [6.07, 6.45) is 0. The van der Waals surface area contributed by atoms with Crippen molar-refractivity contribution in [2.24, 2.45) is 0 Å². The van der Waals surface area contributed by atoms with Gasteiger partial charge in [-0.05, 0) is 43.8 Å². The van der Waals surface area contributed by atoms with E-state index in [1.54, 1.807) is 0 Å². The molecule has 0 saturated heterocycles. The van der Waals surface area contributed by atoms with E-state index in [-0.39, 0.29) is 5.54 Å². The molecule has 2 nitrogen and oxygen atoms in total. The molecule has 1 aromatic heterocycles. The molecule has 0 unspecified atom stereocenters. The fraction of sp³-hybridized carbons (Fsp3) is 0.412. The second-order valence-corrected chi connectivity index (χ2v) is 7.20. The highest BCUT2D eigenvalue weighted by Gasteiger charge is 2.12. The van der Waals surface area contributed by atoms with E-state index in [4.69, 9.17) is 0 Å². The molecule has 1 aromatic carbocycles. The Morgan fingerprint density at radius 1 is 1.10 bits per heavy atom. The van der Waals surface area contributed by atoms with Crippen LogP contribution in [0.5, 0.6) is 0 Å². The SMILES string of the molecule is CN(Cc1cccs1)c1ccccc1CNC(C)(C)C. The van der Waals surface area contributed by atoms with Gasteiger partial charge in [0.25, 0.3) is 0 Å². The molecule has 0 aliphatic heterocycles. The van der Waals surface area contributed by atoms with Crippen molar-refractivity contribution in [2.75, 3.05) is 11.9 Å². The first-order valence-electron chi connectivity index (χ1n) is 7.02. The van der Waals surface area contributed by atoms with Crippen LogP contribution in [-0.4, -0.2) is 12.6 Å². The van der Waals surface area contributed by atoms with Gasteiger partial charge >= 0.3 is 0 Å². The summed E-state index contributed by atoms with van der Waals surface area (Å²) in [5.41, 5.74) is 2.79. The maximum atomic E-state index is 3.57. The zero-order valence-electron chi connectivity index (χ0n) is 12.8. The Labute approximate surface area is 126 Å². The van der Waals surface area contributed by atoms with E-state index in [1.807, 2.05) is 11.3 Å². The largest absolute Gasteiger partial charge is 0.369 e. The zero-order chi connectivity index (χ0) is 14.6. The van der Waals surface area contributed by atoms with Gasteiger partial charge in [-0.1, -0.05) is 24.3 Å². The van der Waals surface area contributed by atoms with Gasteiger partial charge in [0.2, 0.25) is 0 Å². The van der Waals surface area contributed by atoms with Gasteiger partial charge < -0.3 is 10.2 Å². The number of benzene rings is 1. The Bertz CT molecular complexity index is 526. The lowest BCUT2D eigenvalue weighted by Crippen LogP contribution is -2.35. The number of anilines is 1. The molecule has 0 bridgehead atoms. The molecule has 108 valence electrons. The molecule has 1 heterocycles. The average Bonchev–Trinajstić information content (AvgIpc) is 2.88. The Balaban J connectivity index is 2.10. The Morgan fingerprint density at radius 2 is 1.85 bits per heavy atom. The highest BCUT2D eigenvalue weighted by atomic mass is 32.1. The maximum Gasteiger partial charge on any atom is 0.0519 e. The van der Waals surface area contributed by atoms with E-state index in [0.29, 0.717) is 0 Å². The Morgan fingerprint density at radius 3 is 2.50 bits per heavy atom. The van der Waals surface area contributed by atoms with Crippen LogP contribution in [0.4, 0.5) is 5.69 Å². The van der Waals surface area contributed by atoms with Crippen molar-refractivity contribution in [1.29, 1.82) is 0 Å². The molecular formula is C17H24N2S. The van der Waals surface area contributed by atoms with Crippen molar-refractivity contribution >= 4 is 17.0 Å². The molecule has 0 aliphatic carbocycles. The highest BCUT2D eigenvalue weighted by Crippen LogP contribution is 2.22. The fourth-order valence-electron chi connectivity index (χ4n) is 2.11. The summed E-state index contributed by atoms with van der Waals surface area (Å²) < 4.78 is 0. The molecule has 1 N–H and O–H groups in total. The molecule has 0 amide bonds. The van der Waals surface area contributed by atoms with E-state index in [2.05, 4.69) is 79.8 Å². The van der Waals surface area contributed by atoms with Crippen LogP contribution in [0.1, 0.15) is 31.2 Å². The van der Waals surface area contributed by atoms with Gasteiger partial charge in [-0.15, -0.1) is 11.3 Å². The third-order valence-electron chi connectivity index (χ3n) is 3.19. The second-order valence-electron chi connectivity index (χ2n) is 6.17. The van der Waals surface area contributed by atoms with Gasteiger partial charge in [0, 0.05) is 29.7 Å². The minimum Gasteiger partial charge on any atom is -0.369 e. The zero-order valence-corrected chi connectivity index (χ0v) is 13.6. The summed E-state index contributed by atoms with van der Waals surface area (Å²) in [7, 11) is 2.16.